The third-order valence-electron chi connectivity index (χ3n) is 3.87. The van der Waals surface area contributed by atoms with Crippen molar-refractivity contribution in [3.05, 3.63) is 57.2 Å². The zero-order valence-electron chi connectivity index (χ0n) is 14.6. The van der Waals surface area contributed by atoms with Gasteiger partial charge < -0.3 is 0 Å². The zero-order chi connectivity index (χ0) is 19.4. The average molecular weight is 443 g/mol. The molecule has 144 valence electrons. The van der Waals surface area contributed by atoms with Crippen molar-refractivity contribution in [3.63, 3.8) is 0 Å². The number of rotatable bonds is 8. The maximum absolute atomic E-state index is 12.5. The summed E-state index contributed by atoms with van der Waals surface area (Å²) in [6.45, 7) is 2.94. The van der Waals surface area contributed by atoms with Crippen LogP contribution in [0.3, 0.4) is 0 Å². The zero-order valence-corrected chi connectivity index (χ0v) is 17.8. The van der Waals surface area contributed by atoms with Gasteiger partial charge in [0.1, 0.15) is 0 Å². The number of benzene rings is 2. The molecule has 0 atom stereocenters. The second kappa shape index (κ2) is 8.79. The topological polar surface area (TPSA) is 68.2 Å². The molecule has 1 N–H and O–H groups in total. The predicted molar refractivity (Wildman–Crippen MR) is 114 cm³/mol. The van der Waals surface area contributed by atoms with Crippen LogP contribution in [0.1, 0.15) is 13.3 Å². The molecule has 3 aromatic rings. The van der Waals surface area contributed by atoms with Crippen LogP contribution in [0.25, 0.3) is 10.2 Å². The van der Waals surface area contributed by atoms with Crippen LogP contribution in [0.15, 0.2) is 57.1 Å². The maximum atomic E-state index is 12.5. The van der Waals surface area contributed by atoms with Gasteiger partial charge >= 0.3 is 4.87 Å². The van der Waals surface area contributed by atoms with Gasteiger partial charge in [0.15, 0.2) is 0 Å². The number of hydrogen-bond acceptors (Lipinski definition) is 5. The molecule has 2 aromatic carbocycles. The van der Waals surface area contributed by atoms with Crippen molar-refractivity contribution in [2.45, 2.75) is 29.7 Å². The molecule has 0 aliphatic rings. The fourth-order valence-corrected chi connectivity index (χ4v) is 5.72. The minimum Gasteiger partial charge on any atom is -0.299 e. The monoisotopic (exact) mass is 442 g/mol. The Labute approximate surface area is 171 Å². The van der Waals surface area contributed by atoms with E-state index in [2.05, 4.69) is 4.72 Å². The predicted octanol–water partition coefficient (Wildman–Crippen LogP) is 4.20. The molecule has 1 heterocycles. The normalized spacial score (nSPS) is 11.9. The third kappa shape index (κ3) is 4.94. The van der Waals surface area contributed by atoms with E-state index in [0.29, 0.717) is 28.6 Å². The molecule has 0 unspecified atom stereocenters. The first-order chi connectivity index (χ1) is 12.9. The molecule has 3 rings (SSSR count). The number of fused-ring (bicyclic) bond motifs is 1. The summed E-state index contributed by atoms with van der Waals surface area (Å²) in [5.41, 5.74) is 0.782. The lowest BCUT2D eigenvalue weighted by molar-refractivity contribution is 0.584. The van der Waals surface area contributed by atoms with Crippen LogP contribution in [-0.4, -0.2) is 25.3 Å². The van der Waals surface area contributed by atoms with E-state index >= 15 is 0 Å². The molecule has 5 nitrogen and oxygen atoms in total. The molecule has 0 radical (unpaired) electrons. The highest BCUT2D eigenvalue weighted by molar-refractivity contribution is 7.99. The van der Waals surface area contributed by atoms with Crippen LogP contribution in [0, 0.1) is 0 Å². The Morgan fingerprint density at radius 1 is 1.19 bits per heavy atom. The largest absolute Gasteiger partial charge is 0.308 e. The van der Waals surface area contributed by atoms with Gasteiger partial charge in [0.2, 0.25) is 10.0 Å². The van der Waals surface area contributed by atoms with Crippen LogP contribution in [0.2, 0.25) is 5.02 Å². The van der Waals surface area contributed by atoms with Crippen LogP contribution < -0.4 is 9.60 Å². The van der Waals surface area contributed by atoms with Gasteiger partial charge in [-0.1, -0.05) is 29.9 Å². The molecule has 0 bridgehead atoms. The SMILES string of the molecule is CCCn1c(=O)sc2cc(S(=O)(=O)NCCSc3ccc(Cl)cc3)ccc21. The van der Waals surface area contributed by atoms with Crippen LogP contribution in [0.5, 0.6) is 0 Å². The van der Waals surface area contributed by atoms with Crippen LogP contribution in [-0.2, 0) is 16.6 Å². The molecule has 0 spiro atoms. The van der Waals surface area contributed by atoms with Crippen molar-refractivity contribution >= 4 is 54.9 Å². The number of aryl methyl sites for hydroxylation is 1. The molecule has 0 fully saturated rings. The number of nitrogens with one attached hydrogen (secondary N) is 1. The quantitative estimate of drug-likeness (QED) is 0.419. The summed E-state index contributed by atoms with van der Waals surface area (Å²) in [4.78, 5) is 13.2. The lowest BCUT2D eigenvalue weighted by Gasteiger charge is -2.07. The number of aromatic nitrogens is 1. The Kier molecular flexibility index (Phi) is 6.65. The number of thioether (sulfide) groups is 1. The highest BCUT2D eigenvalue weighted by Crippen LogP contribution is 2.23. The molecular formula is C18H19ClN2O3S3. The molecule has 0 saturated carbocycles. The van der Waals surface area contributed by atoms with Gasteiger partial charge in [-0.2, -0.15) is 0 Å². The van der Waals surface area contributed by atoms with Gasteiger partial charge in [-0.15, -0.1) is 11.8 Å². The Hall–Kier alpha value is -1.32. The molecule has 1 aromatic heterocycles. The van der Waals surface area contributed by atoms with Crippen molar-refractivity contribution in [2.24, 2.45) is 0 Å². The molecule has 0 aliphatic carbocycles. The average Bonchev–Trinajstić information content (AvgIpc) is 2.95. The van der Waals surface area contributed by atoms with E-state index in [-0.39, 0.29) is 9.77 Å². The van der Waals surface area contributed by atoms with E-state index < -0.39 is 10.0 Å². The minimum atomic E-state index is -3.62. The third-order valence-corrected chi connectivity index (χ3v) is 7.54. The lowest BCUT2D eigenvalue weighted by Crippen LogP contribution is -2.26. The summed E-state index contributed by atoms with van der Waals surface area (Å²) in [6.07, 6.45) is 0.846. The summed E-state index contributed by atoms with van der Waals surface area (Å²) < 4.78 is 30.0. The number of thiazole rings is 1. The Bertz CT molecular complexity index is 1090. The van der Waals surface area contributed by atoms with E-state index in [4.69, 9.17) is 11.6 Å². The van der Waals surface area contributed by atoms with Crippen molar-refractivity contribution in [3.8, 4) is 0 Å². The number of hydrogen-bond donors (Lipinski definition) is 1. The number of halogens is 1. The minimum absolute atomic E-state index is 0.0614. The fourth-order valence-electron chi connectivity index (χ4n) is 2.61. The van der Waals surface area contributed by atoms with E-state index in [0.717, 1.165) is 28.2 Å². The van der Waals surface area contributed by atoms with E-state index in [1.165, 1.54) is 0 Å². The summed E-state index contributed by atoms with van der Waals surface area (Å²) >= 11 is 8.48. The highest BCUT2D eigenvalue weighted by Gasteiger charge is 2.16. The Balaban J connectivity index is 1.67. The van der Waals surface area contributed by atoms with Gasteiger partial charge in [-0.05, 0) is 48.9 Å². The molecule has 27 heavy (non-hydrogen) atoms. The van der Waals surface area contributed by atoms with Crippen molar-refractivity contribution in [2.75, 3.05) is 12.3 Å². The first-order valence-corrected chi connectivity index (χ1v) is 12.1. The molecular weight excluding hydrogens is 424 g/mol. The summed E-state index contributed by atoms with van der Waals surface area (Å²) in [5.74, 6) is 0.601. The van der Waals surface area contributed by atoms with Crippen LogP contribution in [0.4, 0.5) is 0 Å². The second-order valence-corrected chi connectivity index (χ2v) is 10.2. The fraction of sp³-hybridized carbons (Fsp3) is 0.278. The summed E-state index contributed by atoms with van der Waals surface area (Å²) in [7, 11) is -3.62. The van der Waals surface area contributed by atoms with Gasteiger partial charge in [-0.3, -0.25) is 9.36 Å². The van der Waals surface area contributed by atoms with Gasteiger partial charge in [0.25, 0.3) is 0 Å². The second-order valence-electron chi connectivity index (χ2n) is 5.85. The molecule has 0 aliphatic heterocycles. The Morgan fingerprint density at radius 3 is 2.63 bits per heavy atom. The van der Waals surface area contributed by atoms with Gasteiger partial charge in [0.05, 0.1) is 15.1 Å². The first-order valence-electron chi connectivity index (χ1n) is 8.42. The number of nitrogens with zero attached hydrogens (tertiary/aromatic N) is 1. The molecule has 0 saturated heterocycles. The molecule has 9 heteroatoms. The van der Waals surface area contributed by atoms with Gasteiger partial charge in [0, 0.05) is 28.8 Å². The van der Waals surface area contributed by atoms with Crippen LogP contribution >= 0.6 is 34.7 Å². The van der Waals surface area contributed by atoms with Crippen molar-refractivity contribution < 1.29 is 8.42 Å². The maximum Gasteiger partial charge on any atom is 0.308 e. The van der Waals surface area contributed by atoms with E-state index in [1.807, 2.05) is 19.1 Å². The van der Waals surface area contributed by atoms with Crippen molar-refractivity contribution in [1.82, 2.24) is 9.29 Å². The van der Waals surface area contributed by atoms with E-state index in [1.54, 1.807) is 46.7 Å². The Morgan fingerprint density at radius 2 is 1.93 bits per heavy atom. The van der Waals surface area contributed by atoms with E-state index in [9.17, 15) is 13.2 Å². The molecule has 0 amide bonds. The summed E-state index contributed by atoms with van der Waals surface area (Å²) in [6, 6.07) is 12.2. The smallest absolute Gasteiger partial charge is 0.299 e. The lowest BCUT2D eigenvalue weighted by atomic mass is 10.3. The van der Waals surface area contributed by atoms with Crippen molar-refractivity contribution in [1.29, 1.82) is 0 Å². The van der Waals surface area contributed by atoms with Gasteiger partial charge in [-0.25, -0.2) is 13.1 Å². The summed E-state index contributed by atoms with van der Waals surface area (Å²) in [5, 5.41) is 0.672. The standard InChI is InChI=1S/C18H19ClN2O3S3/c1-2-10-21-16-8-7-15(12-17(16)26-18(21)22)27(23,24)20-9-11-25-14-5-3-13(19)4-6-14/h3-8,12,20H,2,9-11H2,1H3. The number of sulfonamides is 1. The first kappa shape index (κ1) is 20.4. The highest BCUT2D eigenvalue weighted by atomic mass is 35.5.